The Labute approximate surface area is 627 Å². The van der Waals surface area contributed by atoms with E-state index in [2.05, 4.69) is 5.32 Å². The molecule has 8 aliphatic rings. The van der Waals surface area contributed by atoms with E-state index < -0.39 is 287 Å². The van der Waals surface area contributed by atoms with E-state index in [4.69, 9.17) is 66.3 Å². The number of carbonyl (C=O) groups is 7. The number of aliphatic hydroxyl groups is 15. The molecule has 31 atom stereocenters. The van der Waals surface area contributed by atoms with Gasteiger partial charge in [0.2, 0.25) is 0 Å². The summed E-state index contributed by atoms with van der Waals surface area (Å²) >= 11 is 0. The van der Waals surface area contributed by atoms with Crippen LogP contribution in [0.15, 0.2) is 102 Å². The van der Waals surface area contributed by atoms with Gasteiger partial charge in [-0.25, -0.2) is 14.4 Å². The van der Waals surface area contributed by atoms with Crippen molar-refractivity contribution in [2.75, 3.05) is 39.6 Å². The van der Waals surface area contributed by atoms with Crippen molar-refractivity contribution in [1.29, 1.82) is 0 Å². The molecule has 3 aromatic carbocycles. The molecule has 0 radical (unpaired) electrons. The SMILES string of the molecule is CC(=O)O[C@H]1C(=O)[C@]2(C)[C@@H](OC(=O)CO[C@H]3O[C@H](CO)[C@@H](O[C@H]4O[C@H](CO)[C@@H](O[C@H]5O[C@H](CO)[C@@H](O[C@H]6O[C@H](CO)[C@@H](O)[C@H](O)[C@H]6O)[C@H](O)[C@H]5O)[C@H](O)[C@H]4O)[C@H](O)[C@H]3O)C[C@H]3OC[C@@]3(OC(C)=O)[C@H]2[C@H](OC(=O)c2ccccc2)[C@]2(O)C[C@H](OC(=O)[C@H](O)[C@@H](NC(=O)c3ccccc3)c3ccccc3)C(C)=C1C2(C)C. The third-order valence-corrected chi connectivity index (χ3v) is 22.3. The van der Waals surface area contributed by atoms with Crippen molar-refractivity contribution < 1.29 is 176 Å². The summed E-state index contributed by atoms with van der Waals surface area (Å²) in [5.41, 5.74) is -9.17. The van der Waals surface area contributed by atoms with Gasteiger partial charge in [-0.2, -0.15) is 0 Å². The fourth-order valence-corrected chi connectivity index (χ4v) is 16.3. The molecule has 3 aromatic rings. The van der Waals surface area contributed by atoms with Crippen LogP contribution in [0.3, 0.4) is 0 Å². The summed E-state index contributed by atoms with van der Waals surface area (Å²) in [6.07, 6.45) is -52.1. The van der Waals surface area contributed by atoms with Crippen LogP contribution in [-0.4, -0.2) is 328 Å². The molecule has 3 aliphatic carbocycles. The van der Waals surface area contributed by atoms with Crippen molar-refractivity contribution in [3.63, 3.8) is 0 Å². The van der Waals surface area contributed by atoms with Crippen molar-refractivity contribution in [3.8, 4) is 0 Å². The predicted octanol–water partition coefficient (Wildman–Crippen LogP) is -5.42. The number of hydrogen-bond acceptors (Lipinski definition) is 36. The molecule has 110 heavy (non-hydrogen) atoms. The van der Waals surface area contributed by atoms with Crippen LogP contribution in [0, 0.1) is 16.7 Å². The van der Waals surface area contributed by atoms with Crippen molar-refractivity contribution in [3.05, 3.63) is 119 Å². The predicted molar refractivity (Wildman–Crippen MR) is 359 cm³/mol. The summed E-state index contributed by atoms with van der Waals surface area (Å²) in [5, 5.41) is 170. The lowest BCUT2D eigenvalue weighted by Gasteiger charge is -2.67. The first-order chi connectivity index (χ1) is 52.1. The van der Waals surface area contributed by atoms with Gasteiger partial charge >= 0.3 is 29.8 Å². The van der Waals surface area contributed by atoms with E-state index in [0.29, 0.717) is 0 Å². The Morgan fingerprint density at radius 1 is 0.573 bits per heavy atom. The minimum absolute atomic E-state index is 0.0241. The summed E-state index contributed by atoms with van der Waals surface area (Å²) in [5.74, 6) is -9.68. The minimum atomic E-state index is -2.70. The fourth-order valence-electron chi connectivity index (χ4n) is 16.3. The Morgan fingerprint density at radius 2 is 1.05 bits per heavy atom. The molecule has 16 N–H and O–H groups in total. The van der Waals surface area contributed by atoms with Crippen molar-refractivity contribution in [2.24, 2.45) is 16.7 Å². The normalized spacial score (nSPS) is 40.0. The molecule has 2 bridgehead atoms. The molecule has 0 unspecified atom stereocenters. The van der Waals surface area contributed by atoms with Gasteiger partial charge in [0, 0.05) is 37.7 Å². The molecule has 37 nitrogen and oxygen atoms in total. The van der Waals surface area contributed by atoms with Crippen LogP contribution in [-0.2, 0) is 90.3 Å². The number of benzene rings is 3. The van der Waals surface area contributed by atoms with Gasteiger partial charge in [0.15, 0.2) is 48.8 Å². The number of Topliss-reactive ketones (excluding diaryl/α,β-unsaturated/α-hetero) is 1. The number of ether oxygens (including phenoxy) is 14. The van der Waals surface area contributed by atoms with E-state index in [1.54, 1.807) is 42.5 Å². The maximum absolute atomic E-state index is 16.6. The molecule has 37 heteroatoms. The lowest BCUT2D eigenvalue weighted by Crippen LogP contribution is -2.82. The van der Waals surface area contributed by atoms with Crippen molar-refractivity contribution >= 4 is 41.5 Å². The molecule has 11 rings (SSSR count). The molecular weight excluding hydrogens is 1470 g/mol. The van der Waals surface area contributed by atoms with Crippen LogP contribution in [0.4, 0.5) is 0 Å². The van der Waals surface area contributed by atoms with E-state index in [9.17, 15) is 105 Å². The number of rotatable bonds is 24. The number of aliphatic hydroxyl groups excluding tert-OH is 14. The Morgan fingerprint density at radius 3 is 1.53 bits per heavy atom. The topological polar surface area (TPSA) is 564 Å². The highest BCUT2D eigenvalue weighted by molar-refractivity contribution is 5.96. The van der Waals surface area contributed by atoms with E-state index >= 15 is 4.79 Å². The van der Waals surface area contributed by atoms with Gasteiger partial charge in [-0.3, -0.25) is 19.2 Å². The lowest BCUT2D eigenvalue weighted by atomic mass is 9.44. The van der Waals surface area contributed by atoms with Gasteiger partial charge in [-0.05, 0) is 54.8 Å². The largest absolute Gasteiger partial charge is 0.459 e. The second-order valence-electron chi connectivity index (χ2n) is 29.2. The maximum atomic E-state index is 16.6. The van der Waals surface area contributed by atoms with Gasteiger partial charge in [-0.1, -0.05) is 80.6 Å². The van der Waals surface area contributed by atoms with Crippen LogP contribution in [0.1, 0.15) is 86.7 Å². The number of esters is 5. The summed E-state index contributed by atoms with van der Waals surface area (Å²) in [4.78, 5) is 102. The van der Waals surface area contributed by atoms with Crippen LogP contribution in [0.2, 0.25) is 0 Å². The van der Waals surface area contributed by atoms with E-state index in [1.165, 1.54) is 76.2 Å². The van der Waals surface area contributed by atoms with Gasteiger partial charge < -0.3 is 148 Å². The molecule has 5 saturated heterocycles. The van der Waals surface area contributed by atoms with Crippen LogP contribution >= 0.6 is 0 Å². The van der Waals surface area contributed by atoms with Crippen LogP contribution in [0.25, 0.3) is 0 Å². The first-order valence-electron chi connectivity index (χ1n) is 35.6. The number of hydrogen-bond donors (Lipinski definition) is 16. The standard InChI is InChI=1S/C73H93NO36/c1-30-36(100-65(95)47(83)45(33-16-10-7-11-17-33)74-63(93)34-18-12-8-13-19-34)23-73(96)62(109-64(94)35-20-14-9-15-21-35)60-71(6,61(92)59(99-31(2)79)44(30)70(73,4)5)41(22-42-72(60,29-98-42)110-32(3)80)105-43(81)28-97-66-53(89)49(85)56(38(25-76)102-66)107-68-55(91)51(87)58(40(27-78)104-68)108-69-54(90)50(86)57(39(26-77)103-69)106-67-52(88)48(84)46(82)37(24-75)101-67/h7-21,36-42,45-60,62,66-69,75-78,82-91,96H,22-29H2,1-6H3,(H,74,93)/t36-,37+,38+,39+,40+,41-,42+,45-,46+,47+,48-,49+,50+,51+,52+,53+,54+,55+,56+,57+,58+,59+,60-,62-,66-,67+,68+,69+,71+,72-,73+/m0/s1. The molecular formula is C73H93NO36. The number of nitrogens with one attached hydrogen (secondary N) is 1. The number of ketones is 1. The molecule has 1 amide bonds. The molecule has 606 valence electrons. The second kappa shape index (κ2) is 33.9. The highest BCUT2D eigenvalue weighted by Gasteiger charge is 2.79. The monoisotopic (exact) mass is 1560 g/mol. The van der Waals surface area contributed by atoms with Crippen molar-refractivity contribution in [1.82, 2.24) is 5.32 Å². The Bertz CT molecular complexity index is 3770. The third kappa shape index (κ3) is 15.8. The summed E-state index contributed by atoms with van der Waals surface area (Å²) in [7, 11) is 0. The molecule has 0 spiro atoms. The highest BCUT2D eigenvalue weighted by Crippen LogP contribution is 2.65. The lowest BCUT2D eigenvalue weighted by molar-refractivity contribution is -0.388. The van der Waals surface area contributed by atoms with E-state index in [1.807, 2.05) is 0 Å². The zero-order valence-corrected chi connectivity index (χ0v) is 60.3. The third-order valence-electron chi connectivity index (χ3n) is 22.3. The first kappa shape index (κ1) is 83.9. The molecule has 2 saturated carbocycles. The van der Waals surface area contributed by atoms with Crippen LogP contribution < -0.4 is 5.32 Å². The smallest absolute Gasteiger partial charge is 0.338 e. The quantitative estimate of drug-likeness (QED) is 0.0226. The minimum Gasteiger partial charge on any atom is -0.459 e. The maximum Gasteiger partial charge on any atom is 0.338 e. The number of fused-ring (bicyclic) bond motifs is 5. The molecule has 5 aliphatic heterocycles. The van der Waals surface area contributed by atoms with Crippen LogP contribution in [0.5, 0.6) is 0 Å². The average molecular weight is 1560 g/mol. The van der Waals surface area contributed by atoms with E-state index in [-0.39, 0.29) is 27.8 Å². The Kier molecular flexibility index (Phi) is 25.9. The molecule has 5 heterocycles. The Balaban J connectivity index is 0.839. The van der Waals surface area contributed by atoms with Gasteiger partial charge in [-0.15, -0.1) is 0 Å². The van der Waals surface area contributed by atoms with E-state index in [0.717, 1.165) is 13.8 Å². The van der Waals surface area contributed by atoms with Crippen molar-refractivity contribution in [2.45, 2.75) is 231 Å². The summed E-state index contributed by atoms with van der Waals surface area (Å²) in [6.45, 7) is 1.69. The first-order valence-corrected chi connectivity index (χ1v) is 35.6. The zero-order valence-electron chi connectivity index (χ0n) is 60.3. The zero-order chi connectivity index (χ0) is 80.0. The number of carbonyl (C=O) groups excluding carboxylic acids is 7. The van der Waals surface area contributed by atoms with Gasteiger partial charge in [0.25, 0.3) is 5.91 Å². The van der Waals surface area contributed by atoms with Gasteiger partial charge in [0.05, 0.1) is 56.0 Å². The highest BCUT2D eigenvalue weighted by atomic mass is 16.8. The second-order valence-corrected chi connectivity index (χ2v) is 29.2. The molecule has 0 aromatic heterocycles. The average Bonchev–Trinajstić information content (AvgIpc) is 0.666. The van der Waals surface area contributed by atoms with Gasteiger partial charge in [0.1, 0.15) is 134 Å². The summed E-state index contributed by atoms with van der Waals surface area (Å²) in [6, 6.07) is 21.7. The summed E-state index contributed by atoms with van der Waals surface area (Å²) < 4.78 is 82.6. The molecule has 7 fully saturated rings. The fraction of sp³-hybridized carbons (Fsp3) is 0.630. The number of amides is 1. The Hall–Kier alpha value is -7.07.